The lowest BCUT2D eigenvalue weighted by molar-refractivity contribution is 1.01. The Bertz CT molecular complexity index is 521. The summed E-state index contributed by atoms with van der Waals surface area (Å²) >= 11 is 5.88. The predicted molar refractivity (Wildman–Crippen MR) is 84.4 cm³/mol. The zero-order valence-corrected chi connectivity index (χ0v) is 12.1. The summed E-state index contributed by atoms with van der Waals surface area (Å²) in [6.45, 7) is 0.909. The molecular weight excluding hydrogens is 256 g/mol. The van der Waals surface area contributed by atoms with Gasteiger partial charge in [-0.2, -0.15) is 0 Å². The first-order valence-corrected chi connectivity index (χ1v) is 6.79. The van der Waals surface area contributed by atoms with Crippen LogP contribution in [-0.2, 0) is 6.42 Å². The third-order valence-corrected chi connectivity index (χ3v) is 3.28. The molecule has 0 atom stereocenters. The molecule has 2 aromatic carbocycles. The first-order chi connectivity index (χ1) is 9.16. The van der Waals surface area contributed by atoms with E-state index < -0.39 is 0 Å². The van der Waals surface area contributed by atoms with E-state index in [9.17, 15) is 0 Å². The number of rotatable bonds is 5. The first kappa shape index (κ1) is 13.8. The molecule has 0 fully saturated rings. The van der Waals surface area contributed by atoms with Gasteiger partial charge in [-0.1, -0.05) is 35.9 Å². The summed E-state index contributed by atoms with van der Waals surface area (Å²) < 4.78 is 0. The van der Waals surface area contributed by atoms with Crippen molar-refractivity contribution in [3.8, 4) is 0 Å². The summed E-state index contributed by atoms with van der Waals surface area (Å²) in [5.41, 5.74) is 3.67. The molecule has 2 nitrogen and oxygen atoms in total. The highest BCUT2D eigenvalue weighted by Crippen LogP contribution is 2.23. The van der Waals surface area contributed by atoms with Gasteiger partial charge in [-0.25, -0.2) is 0 Å². The number of hydrogen-bond donors (Lipinski definition) is 1. The van der Waals surface area contributed by atoms with Crippen molar-refractivity contribution in [1.82, 2.24) is 0 Å². The van der Waals surface area contributed by atoms with Crippen LogP contribution in [-0.4, -0.2) is 20.6 Å². The van der Waals surface area contributed by atoms with Gasteiger partial charge >= 0.3 is 0 Å². The number of nitrogens with one attached hydrogen (secondary N) is 1. The summed E-state index contributed by atoms with van der Waals surface area (Å²) in [7, 11) is 4.11. The first-order valence-electron chi connectivity index (χ1n) is 6.41. The van der Waals surface area contributed by atoms with Crippen molar-refractivity contribution >= 4 is 23.0 Å². The summed E-state index contributed by atoms with van der Waals surface area (Å²) in [4.78, 5) is 2.12. The zero-order valence-electron chi connectivity index (χ0n) is 11.4. The molecule has 1 N–H and O–H groups in total. The lowest BCUT2D eigenvalue weighted by Gasteiger charge is -2.18. The second kappa shape index (κ2) is 6.48. The lowest BCUT2D eigenvalue weighted by atomic mass is 10.1. The van der Waals surface area contributed by atoms with E-state index in [0.29, 0.717) is 0 Å². The van der Waals surface area contributed by atoms with E-state index in [-0.39, 0.29) is 0 Å². The Balaban J connectivity index is 1.94. The molecule has 0 heterocycles. The summed E-state index contributed by atoms with van der Waals surface area (Å²) in [5.74, 6) is 0. The molecule has 0 aliphatic carbocycles. The van der Waals surface area contributed by atoms with Gasteiger partial charge in [0.25, 0.3) is 0 Å². The fraction of sp³-hybridized carbons (Fsp3) is 0.250. The maximum absolute atomic E-state index is 5.88. The highest BCUT2D eigenvalue weighted by atomic mass is 35.5. The van der Waals surface area contributed by atoms with Crippen LogP contribution in [0, 0.1) is 0 Å². The van der Waals surface area contributed by atoms with E-state index in [0.717, 1.165) is 18.0 Å². The van der Waals surface area contributed by atoms with E-state index in [1.807, 2.05) is 12.1 Å². The van der Waals surface area contributed by atoms with Gasteiger partial charge in [-0.05, 0) is 36.2 Å². The van der Waals surface area contributed by atoms with Gasteiger partial charge in [0.2, 0.25) is 0 Å². The number of halogens is 1. The van der Waals surface area contributed by atoms with Crippen molar-refractivity contribution in [2.45, 2.75) is 6.42 Å². The van der Waals surface area contributed by atoms with E-state index in [2.05, 4.69) is 60.7 Å². The van der Waals surface area contributed by atoms with E-state index in [4.69, 9.17) is 11.6 Å². The van der Waals surface area contributed by atoms with Crippen molar-refractivity contribution in [2.24, 2.45) is 0 Å². The largest absolute Gasteiger partial charge is 0.383 e. The Labute approximate surface area is 120 Å². The summed E-state index contributed by atoms with van der Waals surface area (Å²) in [6.07, 6.45) is 0.985. The molecular formula is C16H19ClN2. The number of para-hydroxylation sites is 2. The Morgan fingerprint density at radius 3 is 2.37 bits per heavy atom. The number of anilines is 2. The van der Waals surface area contributed by atoms with E-state index in [1.54, 1.807) is 0 Å². The smallest absolute Gasteiger partial charge is 0.0596 e. The fourth-order valence-corrected chi connectivity index (χ4v) is 2.13. The minimum Gasteiger partial charge on any atom is -0.383 e. The molecule has 0 unspecified atom stereocenters. The Morgan fingerprint density at radius 1 is 1.00 bits per heavy atom. The fourth-order valence-electron chi connectivity index (χ4n) is 2.01. The standard InChI is InChI=1S/C16H19ClN2/c1-19(2)16-6-4-3-5-15(16)18-12-11-13-7-9-14(17)10-8-13/h3-10,18H,11-12H2,1-2H3. The monoisotopic (exact) mass is 274 g/mol. The molecule has 0 bridgehead atoms. The molecule has 0 spiro atoms. The average Bonchev–Trinajstić information content (AvgIpc) is 2.41. The molecule has 0 amide bonds. The molecule has 100 valence electrons. The lowest BCUT2D eigenvalue weighted by Crippen LogP contribution is -2.13. The van der Waals surface area contributed by atoms with E-state index in [1.165, 1.54) is 16.9 Å². The molecule has 0 aliphatic rings. The minimum absolute atomic E-state index is 0.787. The van der Waals surface area contributed by atoms with Crippen molar-refractivity contribution in [2.75, 3.05) is 30.9 Å². The van der Waals surface area contributed by atoms with Crippen molar-refractivity contribution in [3.05, 3.63) is 59.1 Å². The third kappa shape index (κ3) is 3.90. The van der Waals surface area contributed by atoms with Crippen LogP contribution in [0.1, 0.15) is 5.56 Å². The predicted octanol–water partition coefficient (Wildman–Crippen LogP) is 4.06. The SMILES string of the molecule is CN(C)c1ccccc1NCCc1ccc(Cl)cc1. The Hall–Kier alpha value is -1.67. The molecule has 2 aromatic rings. The van der Waals surface area contributed by atoms with Crippen LogP contribution < -0.4 is 10.2 Å². The number of benzene rings is 2. The van der Waals surface area contributed by atoms with Gasteiger partial charge < -0.3 is 10.2 Å². The van der Waals surface area contributed by atoms with Crippen LogP contribution >= 0.6 is 11.6 Å². The summed E-state index contributed by atoms with van der Waals surface area (Å²) in [5, 5.41) is 4.27. The van der Waals surface area contributed by atoms with Crippen molar-refractivity contribution < 1.29 is 0 Å². The quantitative estimate of drug-likeness (QED) is 0.884. The molecule has 0 saturated heterocycles. The molecule has 0 saturated carbocycles. The third-order valence-electron chi connectivity index (χ3n) is 3.03. The molecule has 2 rings (SSSR count). The van der Waals surface area contributed by atoms with Gasteiger partial charge in [0.1, 0.15) is 0 Å². The van der Waals surface area contributed by atoms with Gasteiger partial charge in [0.15, 0.2) is 0 Å². The number of hydrogen-bond acceptors (Lipinski definition) is 2. The molecule has 19 heavy (non-hydrogen) atoms. The Morgan fingerprint density at radius 2 is 1.68 bits per heavy atom. The Kier molecular flexibility index (Phi) is 4.69. The van der Waals surface area contributed by atoms with Crippen LogP contribution in [0.3, 0.4) is 0 Å². The van der Waals surface area contributed by atoms with Crippen LogP contribution in [0.25, 0.3) is 0 Å². The average molecular weight is 275 g/mol. The highest BCUT2D eigenvalue weighted by molar-refractivity contribution is 6.30. The molecule has 3 heteroatoms. The maximum atomic E-state index is 5.88. The molecule has 0 aliphatic heterocycles. The maximum Gasteiger partial charge on any atom is 0.0596 e. The van der Waals surface area contributed by atoms with Crippen LogP contribution in [0.2, 0.25) is 5.02 Å². The van der Waals surface area contributed by atoms with Crippen molar-refractivity contribution in [3.63, 3.8) is 0 Å². The topological polar surface area (TPSA) is 15.3 Å². The number of nitrogens with zero attached hydrogens (tertiary/aromatic N) is 1. The minimum atomic E-state index is 0.787. The van der Waals surface area contributed by atoms with Gasteiger partial charge in [0, 0.05) is 25.7 Å². The van der Waals surface area contributed by atoms with Crippen molar-refractivity contribution in [1.29, 1.82) is 0 Å². The summed E-state index contributed by atoms with van der Waals surface area (Å²) in [6, 6.07) is 16.3. The molecule has 0 radical (unpaired) electrons. The van der Waals surface area contributed by atoms with E-state index >= 15 is 0 Å². The van der Waals surface area contributed by atoms with Crippen LogP contribution in [0.15, 0.2) is 48.5 Å². The van der Waals surface area contributed by atoms with Gasteiger partial charge in [-0.3, -0.25) is 0 Å². The highest BCUT2D eigenvalue weighted by Gasteiger charge is 2.02. The van der Waals surface area contributed by atoms with Gasteiger partial charge in [0.05, 0.1) is 11.4 Å². The second-order valence-corrected chi connectivity index (χ2v) is 5.15. The van der Waals surface area contributed by atoms with Gasteiger partial charge in [-0.15, -0.1) is 0 Å². The second-order valence-electron chi connectivity index (χ2n) is 4.71. The molecule has 0 aromatic heterocycles. The zero-order chi connectivity index (χ0) is 13.7. The van der Waals surface area contributed by atoms with Crippen LogP contribution in [0.4, 0.5) is 11.4 Å². The normalized spacial score (nSPS) is 10.3. The van der Waals surface area contributed by atoms with Crippen LogP contribution in [0.5, 0.6) is 0 Å².